The Morgan fingerprint density at radius 2 is 1.20 bits per heavy atom. The van der Waals surface area contributed by atoms with Crippen LogP contribution in [0.1, 0.15) is 72.1 Å². The minimum Gasteiger partial charge on any atom is -0.481 e. The van der Waals surface area contributed by atoms with Gasteiger partial charge in [0.2, 0.25) is 29.5 Å². The van der Waals surface area contributed by atoms with Gasteiger partial charge in [0.15, 0.2) is 0 Å². The third kappa shape index (κ3) is 16.7. The first-order valence-electron chi connectivity index (χ1n) is 14.7. The number of carboxylic acid groups (broad SMARTS) is 2. The summed E-state index contributed by atoms with van der Waals surface area (Å²) in [5, 5.41) is 30.4. The molecule has 0 aliphatic carbocycles. The summed E-state index contributed by atoms with van der Waals surface area (Å²) in [5.74, 6) is -6.66. The molecule has 13 N–H and O–H groups in total. The first kappa shape index (κ1) is 40.2. The fourth-order valence-corrected chi connectivity index (χ4v) is 3.92. The van der Waals surface area contributed by atoms with Gasteiger partial charge in [-0.1, -0.05) is 20.3 Å². The summed E-state index contributed by atoms with van der Waals surface area (Å²) in [6, 6.07) is -5.67. The van der Waals surface area contributed by atoms with Crippen molar-refractivity contribution in [2.75, 3.05) is 19.6 Å². The molecule has 5 atom stereocenters. The highest BCUT2D eigenvalue weighted by atomic mass is 16.4. The van der Waals surface area contributed by atoms with Gasteiger partial charge < -0.3 is 54.0 Å². The lowest BCUT2D eigenvalue weighted by Gasteiger charge is -2.25. The Bertz CT molecular complexity index is 979. The lowest BCUT2D eigenvalue weighted by Crippen LogP contribution is -2.57. The molecule has 0 rings (SSSR count). The smallest absolute Gasteiger partial charge is 0.326 e. The fraction of sp³-hybridized carbons (Fsp3) is 0.741. The zero-order chi connectivity index (χ0) is 33.8. The summed E-state index contributed by atoms with van der Waals surface area (Å²) in [4.78, 5) is 86.1. The third-order valence-corrected chi connectivity index (χ3v) is 6.59. The number of carboxylic acids is 2. The molecule has 17 nitrogen and oxygen atoms in total. The largest absolute Gasteiger partial charge is 0.481 e. The maximum atomic E-state index is 13.2. The molecule has 0 aromatic heterocycles. The van der Waals surface area contributed by atoms with Gasteiger partial charge in [-0.25, -0.2) is 4.79 Å². The first-order valence-corrected chi connectivity index (χ1v) is 14.7. The van der Waals surface area contributed by atoms with Crippen molar-refractivity contribution in [3.05, 3.63) is 0 Å². The molecule has 0 saturated carbocycles. The zero-order valence-electron chi connectivity index (χ0n) is 25.7. The summed E-state index contributed by atoms with van der Waals surface area (Å²) in [7, 11) is 0. The van der Waals surface area contributed by atoms with Crippen LogP contribution in [-0.2, 0) is 33.6 Å². The van der Waals surface area contributed by atoms with E-state index >= 15 is 0 Å². The summed E-state index contributed by atoms with van der Waals surface area (Å²) in [5.41, 5.74) is 16.9. The number of hydrogen-bond donors (Lipinski definition) is 10. The number of nitrogens with one attached hydrogen (secondary N) is 5. The average Bonchev–Trinajstić information content (AvgIpc) is 2.95. The van der Waals surface area contributed by atoms with E-state index < -0.39 is 90.6 Å². The minimum absolute atomic E-state index is 0.121. The van der Waals surface area contributed by atoms with Crippen LogP contribution in [0.4, 0.5) is 0 Å². The molecule has 0 aliphatic rings. The molecule has 44 heavy (non-hydrogen) atoms. The number of aliphatic carboxylic acids is 2. The van der Waals surface area contributed by atoms with Crippen molar-refractivity contribution in [2.24, 2.45) is 23.1 Å². The molecule has 17 heteroatoms. The quantitative estimate of drug-likeness (QED) is 0.0514. The van der Waals surface area contributed by atoms with E-state index in [2.05, 4.69) is 26.6 Å². The van der Waals surface area contributed by atoms with Gasteiger partial charge in [-0.15, -0.1) is 0 Å². The maximum Gasteiger partial charge on any atom is 0.326 e. The molecule has 0 bridgehead atoms. The predicted octanol–water partition coefficient (Wildman–Crippen LogP) is -2.75. The molecule has 0 aromatic carbocycles. The lowest BCUT2D eigenvalue weighted by molar-refractivity contribution is -0.143. The highest BCUT2D eigenvalue weighted by Crippen LogP contribution is 2.06. The number of hydrogen-bond acceptors (Lipinski definition) is 10. The molecule has 0 aliphatic heterocycles. The lowest BCUT2D eigenvalue weighted by atomic mass is 10.0. The van der Waals surface area contributed by atoms with E-state index in [4.69, 9.17) is 22.3 Å². The van der Waals surface area contributed by atoms with Crippen LogP contribution in [0.2, 0.25) is 0 Å². The van der Waals surface area contributed by atoms with Crippen LogP contribution >= 0.6 is 0 Å². The van der Waals surface area contributed by atoms with Gasteiger partial charge in [-0.05, 0) is 64.5 Å². The van der Waals surface area contributed by atoms with E-state index in [1.165, 1.54) is 6.92 Å². The molecule has 0 radical (unpaired) electrons. The van der Waals surface area contributed by atoms with E-state index in [0.717, 1.165) is 0 Å². The molecule has 0 heterocycles. The Kier molecular flexibility index (Phi) is 19.9. The van der Waals surface area contributed by atoms with Gasteiger partial charge >= 0.3 is 11.9 Å². The predicted molar refractivity (Wildman–Crippen MR) is 160 cm³/mol. The highest BCUT2D eigenvalue weighted by molar-refractivity contribution is 5.95. The number of amides is 5. The second kappa shape index (κ2) is 21.8. The molecular weight excluding hydrogens is 580 g/mol. The molecule has 5 amide bonds. The van der Waals surface area contributed by atoms with E-state index in [-0.39, 0.29) is 12.8 Å². The fourth-order valence-electron chi connectivity index (χ4n) is 3.92. The summed E-state index contributed by atoms with van der Waals surface area (Å²) in [6.07, 6.45) is 1.93. The van der Waals surface area contributed by atoms with Crippen molar-refractivity contribution < 1.29 is 43.8 Å². The van der Waals surface area contributed by atoms with Crippen LogP contribution in [0.15, 0.2) is 0 Å². The Balaban J connectivity index is 5.50. The third-order valence-electron chi connectivity index (χ3n) is 6.59. The van der Waals surface area contributed by atoms with Crippen LogP contribution in [0, 0.1) is 5.92 Å². The number of carbonyl (C=O) groups excluding carboxylic acids is 5. The van der Waals surface area contributed by atoms with Crippen LogP contribution in [-0.4, -0.2) is 102 Å². The molecule has 0 unspecified atom stereocenters. The van der Waals surface area contributed by atoms with Crippen LogP contribution in [0.3, 0.4) is 0 Å². The second-order valence-electron chi connectivity index (χ2n) is 10.8. The maximum absolute atomic E-state index is 13.2. The molecule has 0 fully saturated rings. The van der Waals surface area contributed by atoms with Gasteiger partial charge in [0.05, 0.1) is 12.6 Å². The van der Waals surface area contributed by atoms with Crippen molar-refractivity contribution in [1.29, 1.82) is 0 Å². The standard InChI is InChI=1S/C27H50N8O9/c1-15(2)22(27(43)44)35-20(36)14-31-25(41)19(10-11-21(37)38)34-26(42)18(9-5-7-13-29)33-23(39)16(3)32-24(40)17(30)8-4-6-12-28/h15-19,22H,4-14,28-30H2,1-3H3,(H,31,41)(H,32,40)(H,33,39)(H,34,42)(H,35,36)(H,37,38)(H,43,44)/t16-,17-,18-,19-,22-/m0/s1. The summed E-state index contributed by atoms with van der Waals surface area (Å²) < 4.78 is 0. The van der Waals surface area contributed by atoms with Crippen molar-refractivity contribution in [3.8, 4) is 0 Å². The van der Waals surface area contributed by atoms with Crippen molar-refractivity contribution >= 4 is 41.5 Å². The number of nitrogens with two attached hydrogens (primary N) is 3. The van der Waals surface area contributed by atoms with E-state index in [9.17, 15) is 38.7 Å². The van der Waals surface area contributed by atoms with E-state index in [0.29, 0.717) is 45.2 Å². The average molecular weight is 631 g/mol. The van der Waals surface area contributed by atoms with Crippen molar-refractivity contribution in [2.45, 2.75) is 102 Å². The van der Waals surface area contributed by atoms with Gasteiger partial charge in [0.25, 0.3) is 0 Å². The minimum atomic E-state index is -1.40. The van der Waals surface area contributed by atoms with Gasteiger partial charge in [0, 0.05) is 6.42 Å². The van der Waals surface area contributed by atoms with Crippen LogP contribution < -0.4 is 43.8 Å². The highest BCUT2D eigenvalue weighted by Gasteiger charge is 2.30. The molecule has 0 aromatic rings. The van der Waals surface area contributed by atoms with Crippen LogP contribution in [0.5, 0.6) is 0 Å². The zero-order valence-corrected chi connectivity index (χ0v) is 25.7. The Labute approximate surface area is 257 Å². The Hall–Kier alpha value is -3.83. The number of rotatable bonds is 23. The Morgan fingerprint density at radius 1 is 0.659 bits per heavy atom. The molecule has 0 spiro atoms. The van der Waals surface area contributed by atoms with Gasteiger partial charge in [0.1, 0.15) is 24.2 Å². The molecule has 252 valence electrons. The monoisotopic (exact) mass is 630 g/mol. The van der Waals surface area contributed by atoms with Crippen molar-refractivity contribution in [1.82, 2.24) is 26.6 Å². The first-order chi connectivity index (χ1) is 20.6. The van der Waals surface area contributed by atoms with E-state index in [1.807, 2.05) is 0 Å². The number of carbonyl (C=O) groups is 7. The normalized spacial score (nSPS) is 14.3. The summed E-state index contributed by atoms with van der Waals surface area (Å²) >= 11 is 0. The summed E-state index contributed by atoms with van der Waals surface area (Å²) in [6.45, 7) is 4.75. The molecule has 0 saturated heterocycles. The van der Waals surface area contributed by atoms with Crippen molar-refractivity contribution in [3.63, 3.8) is 0 Å². The van der Waals surface area contributed by atoms with Gasteiger partial charge in [-0.3, -0.25) is 28.8 Å². The second-order valence-corrected chi connectivity index (χ2v) is 10.8. The molecular formula is C27H50N8O9. The number of unbranched alkanes of at least 4 members (excludes halogenated alkanes) is 2. The topological polar surface area (TPSA) is 298 Å². The van der Waals surface area contributed by atoms with Gasteiger partial charge in [-0.2, -0.15) is 0 Å². The SMILES string of the molecule is CC(C)[C@H](NC(=O)CNC(=O)[C@H](CCC(=O)O)NC(=O)[C@H](CCCCN)NC(=O)[C@H](C)NC(=O)[C@@H](N)CCCCN)C(=O)O. The van der Waals surface area contributed by atoms with Crippen LogP contribution in [0.25, 0.3) is 0 Å². The van der Waals surface area contributed by atoms with E-state index in [1.54, 1.807) is 13.8 Å². The Morgan fingerprint density at radius 3 is 1.73 bits per heavy atom.